The van der Waals surface area contributed by atoms with Gasteiger partial charge in [-0.25, -0.2) is 13.8 Å². The number of anilines is 1. The Kier molecular flexibility index (Phi) is 6.21. The maximum atomic E-state index is 14.9. The lowest BCUT2D eigenvalue weighted by atomic mass is 10.0. The molecule has 5 aromatic rings. The Morgan fingerprint density at radius 1 is 0.943 bits per heavy atom. The number of H-pyrrole nitrogens is 2. The molecule has 0 radical (unpaired) electrons. The molecule has 180 valence electrons. The van der Waals surface area contributed by atoms with Crippen molar-refractivity contribution in [2.45, 2.75) is 26.7 Å². The van der Waals surface area contributed by atoms with E-state index in [-0.39, 0.29) is 5.56 Å². The number of aromatic nitrogens is 4. The molecule has 0 atom stereocenters. The SMILES string of the molecule is CCN(CC)CCCc1c(F)cc(-c2cc3c(-c4ccc5[nH]nc(N)c5c4)ccnc3[nH]2)cc1F. The Bertz CT molecular complexity index is 1480. The van der Waals surface area contributed by atoms with Crippen LogP contribution >= 0.6 is 0 Å². The fraction of sp³-hybridized carbons (Fsp3) is 0.259. The normalized spacial score (nSPS) is 11.8. The van der Waals surface area contributed by atoms with E-state index in [9.17, 15) is 8.78 Å². The van der Waals surface area contributed by atoms with Gasteiger partial charge in [0.05, 0.1) is 5.52 Å². The maximum Gasteiger partial charge on any atom is 0.153 e. The van der Waals surface area contributed by atoms with Gasteiger partial charge in [0, 0.05) is 33.8 Å². The zero-order valence-corrected chi connectivity index (χ0v) is 19.8. The number of nitrogens with zero attached hydrogens (tertiary/aromatic N) is 3. The second-order valence-corrected chi connectivity index (χ2v) is 8.72. The van der Waals surface area contributed by atoms with E-state index in [1.807, 2.05) is 30.3 Å². The average Bonchev–Trinajstić information content (AvgIpc) is 3.46. The molecule has 0 aliphatic carbocycles. The molecule has 0 bridgehead atoms. The van der Waals surface area contributed by atoms with Crippen molar-refractivity contribution in [1.29, 1.82) is 0 Å². The highest BCUT2D eigenvalue weighted by atomic mass is 19.1. The Hall–Kier alpha value is -3.78. The van der Waals surface area contributed by atoms with Crippen LogP contribution in [0.1, 0.15) is 25.8 Å². The number of nitrogens with one attached hydrogen (secondary N) is 2. The van der Waals surface area contributed by atoms with E-state index in [4.69, 9.17) is 5.73 Å². The molecular formula is C27H28F2N6. The Morgan fingerprint density at radius 3 is 2.46 bits per heavy atom. The first-order valence-electron chi connectivity index (χ1n) is 11.9. The van der Waals surface area contributed by atoms with Crippen molar-refractivity contribution in [2.24, 2.45) is 0 Å². The first kappa shape index (κ1) is 23.0. The van der Waals surface area contributed by atoms with Crippen molar-refractivity contribution in [3.63, 3.8) is 0 Å². The summed E-state index contributed by atoms with van der Waals surface area (Å²) in [5.41, 5.74) is 10.6. The third kappa shape index (κ3) is 4.37. The number of nitrogens with two attached hydrogens (primary N) is 1. The predicted molar refractivity (Wildman–Crippen MR) is 137 cm³/mol. The molecule has 0 saturated carbocycles. The third-order valence-corrected chi connectivity index (χ3v) is 6.68. The molecule has 0 fully saturated rings. The molecule has 5 rings (SSSR count). The van der Waals surface area contributed by atoms with Crippen molar-refractivity contribution in [1.82, 2.24) is 25.1 Å². The summed E-state index contributed by atoms with van der Waals surface area (Å²) in [7, 11) is 0. The van der Waals surface area contributed by atoms with Crippen molar-refractivity contribution < 1.29 is 8.78 Å². The van der Waals surface area contributed by atoms with E-state index in [2.05, 4.69) is 38.9 Å². The number of hydrogen-bond acceptors (Lipinski definition) is 4. The summed E-state index contributed by atoms with van der Waals surface area (Å²) >= 11 is 0. The molecule has 0 aliphatic heterocycles. The van der Waals surface area contributed by atoms with Crippen LogP contribution in [0.25, 0.3) is 44.3 Å². The Labute approximate surface area is 202 Å². The minimum atomic E-state index is -0.521. The van der Waals surface area contributed by atoms with Crippen LogP contribution < -0.4 is 5.73 Å². The second-order valence-electron chi connectivity index (χ2n) is 8.72. The van der Waals surface area contributed by atoms with Crippen molar-refractivity contribution in [3.05, 3.63) is 65.9 Å². The van der Waals surface area contributed by atoms with Gasteiger partial charge in [0.15, 0.2) is 5.82 Å². The lowest BCUT2D eigenvalue weighted by Gasteiger charge is -2.17. The summed E-state index contributed by atoms with van der Waals surface area (Å²) in [6, 6.07) is 12.5. The number of nitrogen functional groups attached to an aromatic ring is 1. The number of benzene rings is 2. The fourth-order valence-electron chi connectivity index (χ4n) is 4.65. The molecular weight excluding hydrogens is 446 g/mol. The number of pyridine rings is 1. The summed E-state index contributed by atoms with van der Waals surface area (Å²) in [6.07, 6.45) is 2.79. The standard InChI is InChI=1S/C27H28F2N6/c1-3-35(4-2)11-5-6-19-22(28)13-17(14-23(19)29)25-15-20-18(9-10-31-27(20)32-25)16-7-8-24-21(12-16)26(30)34-33-24/h7-10,12-15H,3-6,11H2,1-2H3,(H,31,32)(H3,30,33,34). The number of halogens is 2. The Morgan fingerprint density at radius 2 is 1.71 bits per heavy atom. The first-order valence-corrected chi connectivity index (χ1v) is 11.9. The second kappa shape index (κ2) is 9.46. The fourth-order valence-corrected chi connectivity index (χ4v) is 4.65. The molecule has 0 saturated heterocycles. The van der Waals surface area contributed by atoms with E-state index in [0.29, 0.717) is 35.6 Å². The highest BCUT2D eigenvalue weighted by Crippen LogP contribution is 2.34. The van der Waals surface area contributed by atoms with Gasteiger partial charge in [-0.2, -0.15) is 5.10 Å². The summed E-state index contributed by atoms with van der Waals surface area (Å²) in [5.74, 6) is -0.607. The monoisotopic (exact) mass is 474 g/mol. The van der Waals surface area contributed by atoms with Gasteiger partial charge in [-0.1, -0.05) is 19.9 Å². The van der Waals surface area contributed by atoms with Gasteiger partial charge in [0.1, 0.15) is 17.3 Å². The van der Waals surface area contributed by atoms with Gasteiger partial charge >= 0.3 is 0 Å². The molecule has 0 unspecified atom stereocenters. The molecule has 8 heteroatoms. The highest BCUT2D eigenvalue weighted by molar-refractivity contribution is 5.99. The molecule has 6 nitrogen and oxygen atoms in total. The van der Waals surface area contributed by atoms with Gasteiger partial charge in [-0.05, 0) is 80.0 Å². The molecule has 0 spiro atoms. The largest absolute Gasteiger partial charge is 0.382 e. The summed E-state index contributed by atoms with van der Waals surface area (Å²) in [6.45, 7) is 6.86. The van der Waals surface area contributed by atoms with E-state index >= 15 is 0 Å². The number of hydrogen-bond donors (Lipinski definition) is 3. The van der Waals surface area contributed by atoms with Gasteiger partial charge in [0.25, 0.3) is 0 Å². The van der Waals surface area contributed by atoms with Crippen LogP contribution in [0.4, 0.5) is 14.6 Å². The first-order chi connectivity index (χ1) is 17.0. The van der Waals surface area contributed by atoms with Crippen molar-refractivity contribution >= 4 is 27.8 Å². The summed E-state index contributed by atoms with van der Waals surface area (Å²) in [5, 5.41) is 8.65. The van der Waals surface area contributed by atoms with Crippen LogP contribution in [0.5, 0.6) is 0 Å². The zero-order valence-electron chi connectivity index (χ0n) is 19.8. The van der Waals surface area contributed by atoms with Crippen LogP contribution in [0.2, 0.25) is 0 Å². The molecule has 0 amide bonds. The smallest absolute Gasteiger partial charge is 0.153 e. The molecule has 2 aromatic carbocycles. The van der Waals surface area contributed by atoms with Crippen molar-refractivity contribution in [3.8, 4) is 22.4 Å². The van der Waals surface area contributed by atoms with Crippen LogP contribution in [0, 0.1) is 11.6 Å². The maximum absolute atomic E-state index is 14.9. The molecule has 4 N–H and O–H groups in total. The van der Waals surface area contributed by atoms with Crippen LogP contribution in [-0.4, -0.2) is 44.7 Å². The summed E-state index contributed by atoms with van der Waals surface area (Å²) < 4.78 is 29.9. The quantitative estimate of drug-likeness (QED) is 0.261. The van der Waals surface area contributed by atoms with E-state index < -0.39 is 11.6 Å². The van der Waals surface area contributed by atoms with Gasteiger partial charge in [0.2, 0.25) is 0 Å². The highest BCUT2D eigenvalue weighted by Gasteiger charge is 2.16. The van der Waals surface area contributed by atoms with Crippen LogP contribution in [-0.2, 0) is 6.42 Å². The topological polar surface area (TPSA) is 86.6 Å². The molecule has 3 heterocycles. The number of rotatable bonds is 8. The molecule has 35 heavy (non-hydrogen) atoms. The minimum absolute atomic E-state index is 0.141. The Balaban J connectivity index is 1.47. The van der Waals surface area contributed by atoms with Crippen molar-refractivity contribution in [2.75, 3.05) is 25.4 Å². The van der Waals surface area contributed by atoms with Gasteiger partial charge in [-0.3, -0.25) is 5.10 Å². The van der Waals surface area contributed by atoms with Gasteiger partial charge in [-0.15, -0.1) is 0 Å². The lowest BCUT2D eigenvalue weighted by molar-refractivity contribution is 0.299. The van der Waals surface area contributed by atoms with Crippen LogP contribution in [0.3, 0.4) is 0 Å². The predicted octanol–water partition coefficient (Wildman–Crippen LogP) is 5.91. The van der Waals surface area contributed by atoms with Gasteiger partial charge < -0.3 is 15.6 Å². The van der Waals surface area contributed by atoms with E-state index in [1.165, 1.54) is 12.1 Å². The third-order valence-electron chi connectivity index (χ3n) is 6.68. The molecule has 0 aliphatic rings. The zero-order chi connectivity index (χ0) is 24.5. The van der Waals surface area contributed by atoms with E-state index in [0.717, 1.165) is 47.1 Å². The lowest BCUT2D eigenvalue weighted by Crippen LogP contribution is -2.24. The molecule has 3 aromatic heterocycles. The van der Waals surface area contributed by atoms with E-state index in [1.54, 1.807) is 6.20 Å². The minimum Gasteiger partial charge on any atom is -0.382 e. The van der Waals surface area contributed by atoms with Crippen LogP contribution in [0.15, 0.2) is 48.7 Å². The average molecular weight is 475 g/mol. The number of fused-ring (bicyclic) bond motifs is 2. The number of aromatic amines is 2. The summed E-state index contributed by atoms with van der Waals surface area (Å²) in [4.78, 5) is 9.89.